The zero-order chi connectivity index (χ0) is 13.0. The maximum Gasteiger partial charge on any atom is 0.372 e. The largest absolute Gasteiger partial charge is 0.372 e. The first kappa shape index (κ1) is 12.4. The van der Waals surface area contributed by atoms with Gasteiger partial charge in [0.1, 0.15) is 6.20 Å². The molecule has 0 radical (unpaired) electrons. The quantitative estimate of drug-likeness (QED) is 0.376. The van der Waals surface area contributed by atoms with Crippen molar-refractivity contribution >= 4 is 27.9 Å². The summed E-state index contributed by atoms with van der Waals surface area (Å²) in [6.07, 6.45) is 9.29. The van der Waals surface area contributed by atoms with E-state index in [9.17, 15) is 10.1 Å². The number of unbranched alkanes of at least 4 members (excludes halogenated alkanes) is 2. The summed E-state index contributed by atoms with van der Waals surface area (Å²) in [7, 11) is 0. The Bertz CT molecular complexity index is 596. The number of nitrogens with one attached hydrogen (secondary N) is 1. The second-order valence-electron chi connectivity index (χ2n) is 3.68. The van der Waals surface area contributed by atoms with Crippen molar-refractivity contribution < 1.29 is 4.92 Å². The number of thiazole rings is 1. The van der Waals surface area contributed by atoms with E-state index in [-0.39, 0.29) is 5.82 Å². The van der Waals surface area contributed by atoms with Gasteiger partial charge in [-0.15, -0.1) is 12.3 Å². The molecule has 0 saturated carbocycles. The smallest absolute Gasteiger partial charge is 0.363 e. The third kappa shape index (κ3) is 2.43. The van der Waals surface area contributed by atoms with Crippen LogP contribution in [0.2, 0.25) is 0 Å². The van der Waals surface area contributed by atoms with Gasteiger partial charge < -0.3 is 15.4 Å². The molecule has 0 bridgehead atoms. The van der Waals surface area contributed by atoms with Gasteiger partial charge in [-0.3, -0.25) is 0 Å². The van der Waals surface area contributed by atoms with E-state index in [0.717, 1.165) is 19.3 Å². The number of nitro groups is 1. The van der Waals surface area contributed by atoms with Gasteiger partial charge in [-0.1, -0.05) is 11.3 Å². The molecule has 18 heavy (non-hydrogen) atoms. The Kier molecular flexibility index (Phi) is 3.79. The molecule has 6 nitrogen and oxygen atoms in total. The Balaban J connectivity index is 2.08. The van der Waals surface area contributed by atoms with Gasteiger partial charge in [-0.25, -0.2) is 0 Å². The number of terminal acetylenes is 1. The zero-order valence-electron chi connectivity index (χ0n) is 9.63. The van der Waals surface area contributed by atoms with Crippen molar-refractivity contribution in [3.8, 4) is 12.3 Å². The van der Waals surface area contributed by atoms with Gasteiger partial charge in [0.05, 0.1) is 0 Å². The molecule has 2 heterocycles. The first-order valence-corrected chi connectivity index (χ1v) is 6.39. The standard InChI is InChI=1S/C11H12N4O2S/c1-2-3-4-5-6-12-9-10(15(16)17)14-7-8-18-11(14)13-9/h1,7-8,12H,3-6H2. The minimum absolute atomic E-state index is 0.0109. The average Bonchev–Trinajstić information content (AvgIpc) is 2.87. The highest BCUT2D eigenvalue weighted by Gasteiger charge is 2.22. The third-order valence-electron chi connectivity index (χ3n) is 2.45. The van der Waals surface area contributed by atoms with E-state index in [2.05, 4.69) is 16.2 Å². The van der Waals surface area contributed by atoms with Crippen LogP contribution in [0.3, 0.4) is 0 Å². The van der Waals surface area contributed by atoms with Crippen LogP contribution >= 0.6 is 11.3 Å². The van der Waals surface area contributed by atoms with Crippen LogP contribution in [0.15, 0.2) is 11.6 Å². The van der Waals surface area contributed by atoms with Crippen molar-refractivity contribution in [2.75, 3.05) is 11.9 Å². The summed E-state index contributed by atoms with van der Waals surface area (Å²) in [5, 5.41) is 15.8. The SMILES string of the molecule is C#CCCCCNc1nc2sccn2c1[N+](=O)[O-]. The molecular weight excluding hydrogens is 252 g/mol. The second-order valence-corrected chi connectivity index (χ2v) is 4.56. The Morgan fingerprint density at radius 3 is 3.17 bits per heavy atom. The Morgan fingerprint density at radius 2 is 2.44 bits per heavy atom. The molecule has 0 aliphatic rings. The van der Waals surface area contributed by atoms with Crippen LogP contribution in [0.5, 0.6) is 0 Å². The van der Waals surface area contributed by atoms with Crippen molar-refractivity contribution in [2.24, 2.45) is 0 Å². The van der Waals surface area contributed by atoms with E-state index < -0.39 is 4.92 Å². The first-order valence-electron chi connectivity index (χ1n) is 5.51. The molecule has 0 atom stereocenters. The van der Waals surface area contributed by atoms with Crippen LogP contribution in [0.1, 0.15) is 19.3 Å². The van der Waals surface area contributed by atoms with E-state index in [1.54, 1.807) is 11.6 Å². The fourth-order valence-corrected chi connectivity index (χ4v) is 2.33. The molecule has 0 unspecified atom stereocenters. The number of hydrogen-bond acceptors (Lipinski definition) is 5. The molecule has 1 N–H and O–H groups in total. The molecular formula is C11H12N4O2S. The number of fused-ring (bicyclic) bond motifs is 1. The van der Waals surface area contributed by atoms with Crippen LogP contribution in [-0.4, -0.2) is 20.9 Å². The molecule has 2 aromatic heterocycles. The number of aromatic nitrogens is 2. The minimum atomic E-state index is -0.420. The molecule has 2 rings (SSSR count). The number of imidazole rings is 1. The maximum absolute atomic E-state index is 11.0. The lowest BCUT2D eigenvalue weighted by atomic mass is 10.2. The van der Waals surface area contributed by atoms with Crippen molar-refractivity contribution in [1.82, 2.24) is 9.38 Å². The number of hydrogen-bond donors (Lipinski definition) is 1. The summed E-state index contributed by atoms with van der Waals surface area (Å²) in [5.41, 5.74) is 0. The van der Waals surface area contributed by atoms with Gasteiger partial charge in [0, 0.05) is 18.3 Å². The van der Waals surface area contributed by atoms with Crippen LogP contribution in [0, 0.1) is 22.5 Å². The van der Waals surface area contributed by atoms with Crippen molar-refractivity contribution in [3.63, 3.8) is 0 Å². The van der Waals surface area contributed by atoms with E-state index in [0.29, 0.717) is 17.3 Å². The summed E-state index contributed by atoms with van der Waals surface area (Å²) >= 11 is 1.37. The fourth-order valence-electron chi connectivity index (χ4n) is 1.63. The monoisotopic (exact) mass is 264 g/mol. The lowest BCUT2D eigenvalue weighted by Crippen LogP contribution is -2.04. The van der Waals surface area contributed by atoms with E-state index in [1.165, 1.54) is 15.7 Å². The van der Waals surface area contributed by atoms with Gasteiger partial charge in [-0.05, 0) is 17.8 Å². The van der Waals surface area contributed by atoms with Crippen molar-refractivity contribution in [3.05, 3.63) is 21.7 Å². The Morgan fingerprint density at radius 1 is 1.61 bits per heavy atom. The minimum Gasteiger partial charge on any atom is -0.363 e. The molecule has 0 saturated heterocycles. The van der Waals surface area contributed by atoms with Crippen LogP contribution in [0.25, 0.3) is 4.96 Å². The second kappa shape index (κ2) is 5.51. The van der Waals surface area contributed by atoms with Crippen LogP contribution < -0.4 is 5.32 Å². The van der Waals surface area contributed by atoms with Gasteiger partial charge in [0.2, 0.25) is 5.82 Å². The molecule has 0 amide bonds. The van der Waals surface area contributed by atoms with E-state index >= 15 is 0 Å². The molecule has 0 spiro atoms. The number of rotatable bonds is 6. The molecule has 7 heteroatoms. The number of anilines is 1. The molecule has 2 aromatic rings. The summed E-state index contributed by atoms with van der Waals surface area (Å²) in [6.45, 7) is 0.632. The third-order valence-corrected chi connectivity index (χ3v) is 3.21. The fraction of sp³-hybridized carbons (Fsp3) is 0.364. The molecule has 94 valence electrons. The van der Waals surface area contributed by atoms with Gasteiger partial charge in [-0.2, -0.15) is 9.38 Å². The highest BCUT2D eigenvalue weighted by molar-refractivity contribution is 7.15. The lowest BCUT2D eigenvalue weighted by molar-refractivity contribution is -0.389. The highest BCUT2D eigenvalue weighted by Crippen LogP contribution is 2.27. The van der Waals surface area contributed by atoms with Crippen molar-refractivity contribution in [1.29, 1.82) is 0 Å². The van der Waals surface area contributed by atoms with Crippen molar-refractivity contribution in [2.45, 2.75) is 19.3 Å². The number of nitrogens with zero attached hydrogens (tertiary/aromatic N) is 3. The molecule has 0 aliphatic heterocycles. The summed E-state index contributed by atoms with van der Waals surface area (Å²) in [6, 6.07) is 0. The topological polar surface area (TPSA) is 72.5 Å². The highest BCUT2D eigenvalue weighted by atomic mass is 32.1. The Hall–Kier alpha value is -2.07. The summed E-state index contributed by atoms with van der Waals surface area (Å²) < 4.78 is 1.48. The van der Waals surface area contributed by atoms with Crippen LogP contribution in [-0.2, 0) is 0 Å². The predicted molar refractivity (Wildman–Crippen MR) is 70.9 cm³/mol. The maximum atomic E-state index is 11.0. The van der Waals surface area contributed by atoms with Gasteiger partial charge in [0.15, 0.2) is 0 Å². The predicted octanol–water partition coefficient (Wildman–Crippen LogP) is 2.52. The first-order chi connectivity index (χ1) is 8.74. The zero-order valence-corrected chi connectivity index (χ0v) is 10.4. The molecule has 0 aromatic carbocycles. The van der Waals surface area contributed by atoms with E-state index in [4.69, 9.17) is 6.42 Å². The van der Waals surface area contributed by atoms with Crippen LogP contribution in [0.4, 0.5) is 11.6 Å². The summed E-state index contributed by atoms with van der Waals surface area (Å²) in [5.74, 6) is 2.87. The van der Waals surface area contributed by atoms with Gasteiger partial charge >= 0.3 is 5.82 Å². The van der Waals surface area contributed by atoms with Gasteiger partial charge in [0.25, 0.3) is 4.96 Å². The molecule has 0 aliphatic carbocycles. The average molecular weight is 264 g/mol. The summed E-state index contributed by atoms with van der Waals surface area (Å²) in [4.78, 5) is 15.4. The Labute approximate surface area is 108 Å². The molecule has 0 fully saturated rings. The van der Waals surface area contributed by atoms with E-state index in [1.807, 2.05) is 0 Å². The normalized spacial score (nSPS) is 10.4. The lowest BCUT2D eigenvalue weighted by Gasteiger charge is -2.01.